The maximum Gasteiger partial charge on any atom is 0.442 e. The number of halogens is 3. The fourth-order valence-electron chi connectivity index (χ4n) is 2.94. The van der Waals surface area contributed by atoms with Gasteiger partial charge in [0.15, 0.2) is 0 Å². The molecule has 1 aromatic rings. The van der Waals surface area contributed by atoms with Crippen LogP contribution < -0.4 is 11.1 Å². The van der Waals surface area contributed by atoms with Crippen LogP contribution in [-0.2, 0) is 25.7 Å². The third kappa shape index (κ3) is 5.12. The van der Waals surface area contributed by atoms with Gasteiger partial charge in [0.05, 0.1) is 0 Å². The van der Waals surface area contributed by atoms with E-state index in [0.717, 1.165) is 33.1 Å². The average Bonchev–Trinajstić information content (AvgIpc) is 3.09. The minimum Gasteiger partial charge on any atom is -0.477 e. The van der Waals surface area contributed by atoms with Crippen molar-refractivity contribution in [3.8, 4) is 0 Å². The van der Waals surface area contributed by atoms with Crippen LogP contribution in [0.2, 0.25) is 0 Å². The van der Waals surface area contributed by atoms with E-state index in [2.05, 4.69) is 20.8 Å². The van der Waals surface area contributed by atoms with Crippen molar-refractivity contribution in [2.45, 2.75) is 40.1 Å². The molecule has 0 spiro atoms. The fourth-order valence-corrected chi connectivity index (χ4v) is 6.54. The molecule has 32 heavy (non-hydrogen) atoms. The molecule has 2 aliphatic heterocycles. The maximum atomic E-state index is 12.8. The van der Waals surface area contributed by atoms with Crippen LogP contribution in [0.1, 0.15) is 6.92 Å². The Kier molecular flexibility index (Phi) is 6.94. The molecule has 1 fully saturated rings. The molecule has 12 nitrogen and oxygen atoms in total. The predicted octanol–water partition coefficient (Wildman–Crippen LogP) is -0.412. The molecular weight excluding hydrogens is 499 g/mol. The molecule has 0 saturated carbocycles. The first-order valence-electron chi connectivity index (χ1n) is 8.53. The van der Waals surface area contributed by atoms with E-state index in [-0.39, 0.29) is 23.0 Å². The van der Waals surface area contributed by atoms with Crippen LogP contribution in [0.3, 0.4) is 0 Å². The van der Waals surface area contributed by atoms with Crippen LogP contribution in [0.15, 0.2) is 16.4 Å². The summed E-state index contributed by atoms with van der Waals surface area (Å²) < 4.78 is 39.6. The number of tetrazole rings is 1. The summed E-state index contributed by atoms with van der Waals surface area (Å²) in [6, 6.07) is 0. The van der Waals surface area contributed by atoms with Crippen LogP contribution in [0.25, 0.3) is 0 Å². The number of carbonyl (C=O) groups excluding carboxylic acids is 3. The van der Waals surface area contributed by atoms with Gasteiger partial charge < -0.3 is 16.2 Å². The van der Waals surface area contributed by atoms with Gasteiger partial charge in [-0.3, -0.25) is 19.3 Å². The number of nitrogens with one attached hydrogen (secondary N) is 1. The van der Waals surface area contributed by atoms with Gasteiger partial charge in [-0.15, -0.1) is 16.9 Å². The van der Waals surface area contributed by atoms with E-state index in [0.29, 0.717) is 0 Å². The monoisotopic (exact) mass is 513 g/mol. The molecule has 3 atom stereocenters. The van der Waals surface area contributed by atoms with Crippen LogP contribution in [0.4, 0.5) is 13.2 Å². The Morgan fingerprint density at radius 1 is 1.34 bits per heavy atom. The third-order valence-electron chi connectivity index (χ3n) is 4.09. The number of nitrogens with two attached hydrogens (primary N) is 1. The van der Waals surface area contributed by atoms with Gasteiger partial charge in [-0.1, -0.05) is 11.8 Å². The van der Waals surface area contributed by atoms with E-state index in [1.165, 1.54) is 6.92 Å². The molecule has 2 unspecified atom stereocenters. The number of hydrogen-bond donors (Lipinski definition) is 3. The lowest BCUT2D eigenvalue weighted by atomic mass is 10.1. The highest BCUT2D eigenvalue weighted by Crippen LogP contribution is 2.51. The number of β-lactam (4-membered cyclic amide) rings is 1. The van der Waals surface area contributed by atoms with Gasteiger partial charge in [0.2, 0.25) is 22.9 Å². The minimum atomic E-state index is -4.70. The summed E-state index contributed by atoms with van der Waals surface area (Å²) in [6.45, 7) is 0.826. The molecule has 3 amide bonds. The molecule has 4 N–H and O–H groups in total. The van der Waals surface area contributed by atoms with Crippen LogP contribution in [-0.4, -0.2) is 81.2 Å². The van der Waals surface area contributed by atoms with Gasteiger partial charge >= 0.3 is 11.5 Å². The summed E-state index contributed by atoms with van der Waals surface area (Å²) >= 11 is 1.21. The summed E-state index contributed by atoms with van der Waals surface area (Å²) in [5.74, 6) is -3.96. The number of aliphatic carboxylic acids is 1. The molecule has 2 aliphatic rings. The van der Waals surface area contributed by atoms with Gasteiger partial charge in [0.1, 0.15) is 28.2 Å². The van der Waals surface area contributed by atoms with Crippen molar-refractivity contribution in [2.75, 3.05) is 5.75 Å². The van der Waals surface area contributed by atoms with E-state index in [1.807, 2.05) is 0 Å². The molecule has 18 heteroatoms. The highest BCUT2D eigenvalue weighted by atomic mass is 32.2. The number of carbonyl (C=O) groups is 4. The first-order chi connectivity index (χ1) is 14.9. The second-order valence-corrected chi connectivity index (χ2v) is 9.73. The number of fused-ring (bicyclic) bond motifs is 1. The van der Waals surface area contributed by atoms with Crippen molar-refractivity contribution >= 4 is 59.0 Å². The molecular formula is C14H14F3N7O5S3. The SMILES string of the molecule is CC(=O)NC1S[C@@H]2C(SC(F)(F)F)C(=O)N2C(C(=O)O)=C1CSc1nnnn1CC(N)=O. The van der Waals surface area contributed by atoms with Gasteiger partial charge in [-0.05, 0) is 22.2 Å². The van der Waals surface area contributed by atoms with Gasteiger partial charge in [0, 0.05) is 18.2 Å². The average molecular weight is 514 g/mol. The van der Waals surface area contributed by atoms with E-state index in [9.17, 15) is 37.5 Å². The van der Waals surface area contributed by atoms with Crippen LogP contribution in [0.5, 0.6) is 0 Å². The molecule has 174 valence electrons. The molecule has 0 aliphatic carbocycles. The first kappa shape index (κ1) is 24.2. The Morgan fingerprint density at radius 3 is 2.59 bits per heavy atom. The summed E-state index contributed by atoms with van der Waals surface area (Å²) in [5.41, 5.74) is -0.0323. The Bertz CT molecular complexity index is 1000. The number of primary amides is 1. The number of rotatable bonds is 8. The van der Waals surface area contributed by atoms with E-state index in [4.69, 9.17) is 5.73 Å². The Labute approximate surface area is 189 Å². The maximum absolute atomic E-state index is 12.8. The van der Waals surface area contributed by atoms with Crippen molar-refractivity contribution in [2.24, 2.45) is 5.73 Å². The third-order valence-corrected chi connectivity index (χ3v) is 7.69. The zero-order chi connectivity index (χ0) is 23.8. The lowest BCUT2D eigenvalue weighted by Crippen LogP contribution is -2.66. The molecule has 0 aromatic carbocycles. The smallest absolute Gasteiger partial charge is 0.442 e. The number of carboxylic acid groups (broad SMARTS) is 1. The lowest BCUT2D eigenvalue weighted by Gasteiger charge is -2.51. The minimum absolute atomic E-state index is 0.0661. The van der Waals surface area contributed by atoms with Crippen LogP contribution in [0, 0.1) is 0 Å². The van der Waals surface area contributed by atoms with E-state index >= 15 is 0 Å². The van der Waals surface area contributed by atoms with Crippen molar-refractivity contribution < 1.29 is 37.5 Å². The second-order valence-electron chi connectivity index (χ2n) is 6.35. The molecule has 3 heterocycles. The normalized spacial score (nSPS) is 22.9. The highest BCUT2D eigenvalue weighted by Gasteiger charge is 2.59. The van der Waals surface area contributed by atoms with Crippen LogP contribution >= 0.6 is 35.3 Å². The highest BCUT2D eigenvalue weighted by molar-refractivity contribution is 8.05. The zero-order valence-corrected chi connectivity index (χ0v) is 18.3. The summed E-state index contributed by atoms with van der Waals surface area (Å²) in [6.07, 6.45) is 0. The number of carboxylic acids is 1. The van der Waals surface area contributed by atoms with Gasteiger partial charge in [0.25, 0.3) is 0 Å². The van der Waals surface area contributed by atoms with E-state index < -0.39 is 62.7 Å². The first-order valence-corrected chi connectivity index (χ1v) is 11.3. The Hall–Kier alpha value is -2.47. The largest absolute Gasteiger partial charge is 0.477 e. The second kappa shape index (κ2) is 9.18. The number of nitrogens with zero attached hydrogens (tertiary/aromatic N) is 5. The number of thioether (sulfide) groups is 3. The number of aromatic nitrogens is 4. The number of alkyl halides is 3. The molecule has 0 bridgehead atoms. The Balaban J connectivity index is 1.92. The topological polar surface area (TPSA) is 173 Å². The summed E-state index contributed by atoms with van der Waals surface area (Å²) in [7, 11) is 0. The molecule has 1 saturated heterocycles. The predicted molar refractivity (Wildman–Crippen MR) is 106 cm³/mol. The fraction of sp³-hybridized carbons (Fsp3) is 0.500. The summed E-state index contributed by atoms with van der Waals surface area (Å²) in [5, 5.41) is 19.4. The number of hydrogen-bond acceptors (Lipinski definition) is 10. The quantitative estimate of drug-likeness (QED) is 0.304. The number of amides is 3. The molecule has 0 radical (unpaired) electrons. The van der Waals surface area contributed by atoms with Gasteiger partial charge in [-0.25, -0.2) is 9.48 Å². The molecule has 1 aromatic heterocycles. The van der Waals surface area contributed by atoms with Crippen molar-refractivity contribution in [1.82, 2.24) is 30.4 Å². The zero-order valence-electron chi connectivity index (χ0n) is 15.9. The summed E-state index contributed by atoms with van der Waals surface area (Å²) in [4.78, 5) is 47.9. The standard InChI is InChI=1S/C14H14F3N7O5S3/c1-4(25)19-9-5(3-30-13-20-21-22-23(13)2-6(18)26)7(12(28)29)24-10(27)8(11(24)31-9)32-14(15,16)17/h8-9,11H,2-3H2,1H3,(H2,18,26)(H,19,25)(H,28,29)/t8?,9?,11-/m1/s1. The Morgan fingerprint density at radius 2 is 2.03 bits per heavy atom. The van der Waals surface area contributed by atoms with Crippen molar-refractivity contribution in [3.05, 3.63) is 11.3 Å². The molecule has 3 rings (SSSR count). The van der Waals surface area contributed by atoms with Gasteiger partial charge in [-0.2, -0.15) is 13.2 Å². The van der Waals surface area contributed by atoms with Crippen molar-refractivity contribution in [1.29, 1.82) is 0 Å². The van der Waals surface area contributed by atoms with E-state index in [1.54, 1.807) is 0 Å². The van der Waals surface area contributed by atoms with Crippen molar-refractivity contribution in [3.63, 3.8) is 0 Å². The lowest BCUT2D eigenvalue weighted by molar-refractivity contribution is -0.145.